The van der Waals surface area contributed by atoms with Crippen molar-refractivity contribution < 1.29 is 18.1 Å². The summed E-state index contributed by atoms with van der Waals surface area (Å²) in [5, 5.41) is 0. The van der Waals surface area contributed by atoms with Gasteiger partial charge in [0, 0.05) is 0 Å². The van der Waals surface area contributed by atoms with E-state index < -0.39 is 19.4 Å². The summed E-state index contributed by atoms with van der Waals surface area (Å²) in [6, 6.07) is 0. The van der Waals surface area contributed by atoms with Crippen molar-refractivity contribution in [2.24, 2.45) is 11.0 Å². The molecule has 0 radical (unpaired) electrons. The van der Waals surface area contributed by atoms with Crippen molar-refractivity contribution in [3.05, 3.63) is 0 Å². The first-order valence-corrected chi connectivity index (χ1v) is 7.84. The molecule has 2 saturated heterocycles. The van der Waals surface area contributed by atoms with Crippen molar-refractivity contribution >= 4 is 36.9 Å². The minimum absolute atomic E-state index is 1.55. The lowest BCUT2D eigenvalue weighted by molar-refractivity contribution is -0.455. The molecule has 1 spiro atoms. The van der Waals surface area contributed by atoms with Crippen LogP contribution >= 0.6 is 13.3 Å². The Balaban J connectivity index is 2.03. The summed E-state index contributed by atoms with van der Waals surface area (Å²) < 4.78 is 19.2. The second-order valence-corrected chi connectivity index (χ2v) is 7.89. The molecule has 0 atom stereocenters. The van der Waals surface area contributed by atoms with E-state index >= 15 is 0 Å². The molecule has 0 unspecified atom stereocenters. The zero-order valence-corrected chi connectivity index (χ0v) is 8.42. The average molecular weight is 234 g/mol. The molecule has 0 aromatic carbocycles. The summed E-state index contributed by atoms with van der Waals surface area (Å²) in [7, 11) is 0. The Bertz CT molecular complexity index is 251. The van der Waals surface area contributed by atoms with Gasteiger partial charge < -0.3 is 0 Å². The Kier molecular flexibility index (Phi) is 1.66. The SMILES string of the molecule is NP1(=S)OC2(O1)OP(N)(=S)O2. The molecular weight excluding hydrogens is 230 g/mol. The van der Waals surface area contributed by atoms with Crippen LogP contribution in [-0.2, 0) is 41.7 Å². The monoisotopic (exact) mass is 234 g/mol. The fourth-order valence-corrected chi connectivity index (χ4v) is 3.61. The van der Waals surface area contributed by atoms with E-state index in [2.05, 4.69) is 23.6 Å². The molecule has 2 aliphatic heterocycles. The fourth-order valence-electron chi connectivity index (χ4n) is 0.704. The van der Waals surface area contributed by atoms with Gasteiger partial charge in [0.25, 0.3) is 13.3 Å². The minimum atomic E-state index is -2.61. The molecule has 11 heavy (non-hydrogen) atoms. The molecule has 64 valence electrons. The van der Waals surface area contributed by atoms with Gasteiger partial charge in [-0.1, -0.05) is 0 Å². The highest BCUT2D eigenvalue weighted by Crippen LogP contribution is 2.73. The maximum Gasteiger partial charge on any atom is 0.438 e. The zero-order chi connectivity index (χ0) is 8.33. The van der Waals surface area contributed by atoms with Gasteiger partial charge >= 0.3 is 6.16 Å². The van der Waals surface area contributed by atoms with Crippen LogP contribution in [0.5, 0.6) is 0 Å². The van der Waals surface area contributed by atoms with Crippen LogP contribution in [0.4, 0.5) is 0 Å². The molecule has 10 heteroatoms. The lowest BCUT2D eigenvalue weighted by Gasteiger charge is -2.52. The van der Waals surface area contributed by atoms with Crippen LogP contribution in [0.3, 0.4) is 0 Å². The van der Waals surface area contributed by atoms with Crippen LogP contribution in [0.2, 0.25) is 0 Å². The van der Waals surface area contributed by atoms with Crippen LogP contribution in [-0.4, -0.2) is 6.16 Å². The molecule has 0 aromatic rings. The average Bonchev–Trinajstić information content (AvgIpc) is 1.52. The standard InChI is InChI=1S/CH4N2O4P2S2/c2-8(10)4-1(5-8)6-9(3,11)7-1/h(H2,2,10)(H2,3,11). The van der Waals surface area contributed by atoms with Crippen molar-refractivity contribution in [1.82, 2.24) is 0 Å². The van der Waals surface area contributed by atoms with Gasteiger partial charge in [-0.05, 0) is 23.6 Å². The second kappa shape index (κ2) is 2.10. The van der Waals surface area contributed by atoms with Crippen LogP contribution in [0, 0.1) is 0 Å². The smallest absolute Gasteiger partial charge is 0.259 e. The van der Waals surface area contributed by atoms with E-state index in [0.717, 1.165) is 0 Å². The Morgan fingerprint density at radius 2 is 1.18 bits per heavy atom. The lowest BCUT2D eigenvalue weighted by Crippen LogP contribution is -2.55. The third kappa shape index (κ3) is 1.45. The van der Waals surface area contributed by atoms with Crippen molar-refractivity contribution in [3.63, 3.8) is 0 Å². The lowest BCUT2D eigenvalue weighted by atomic mass is 11.2. The van der Waals surface area contributed by atoms with Gasteiger partial charge in [0.05, 0.1) is 0 Å². The highest BCUT2D eigenvalue weighted by atomic mass is 32.5. The minimum Gasteiger partial charge on any atom is -0.259 e. The van der Waals surface area contributed by atoms with E-state index in [9.17, 15) is 0 Å². The van der Waals surface area contributed by atoms with Gasteiger partial charge in [0.1, 0.15) is 0 Å². The van der Waals surface area contributed by atoms with E-state index in [-0.39, 0.29) is 0 Å². The Morgan fingerprint density at radius 3 is 1.36 bits per heavy atom. The third-order valence-corrected chi connectivity index (χ3v) is 3.76. The molecule has 0 bridgehead atoms. The zero-order valence-electron chi connectivity index (χ0n) is 5.00. The van der Waals surface area contributed by atoms with Gasteiger partial charge in [-0.25, -0.2) is 18.1 Å². The van der Waals surface area contributed by atoms with Crippen molar-refractivity contribution in [2.75, 3.05) is 0 Å². The van der Waals surface area contributed by atoms with Gasteiger partial charge in [0.2, 0.25) is 0 Å². The molecule has 2 fully saturated rings. The van der Waals surface area contributed by atoms with Crippen molar-refractivity contribution in [3.8, 4) is 0 Å². The summed E-state index contributed by atoms with van der Waals surface area (Å²) in [5.74, 6) is 0. The van der Waals surface area contributed by atoms with Gasteiger partial charge in [-0.2, -0.15) is 0 Å². The maximum absolute atomic E-state index is 5.25. The van der Waals surface area contributed by atoms with Crippen LogP contribution in [0.1, 0.15) is 0 Å². The van der Waals surface area contributed by atoms with Gasteiger partial charge in [0.15, 0.2) is 0 Å². The summed E-state index contributed by atoms with van der Waals surface area (Å²) in [6.45, 7) is -5.22. The molecule has 0 saturated carbocycles. The molecule has 2 rings (SSSR count). The van der Waals surface area contributed by atoms with Crippen LogP contribution < -0.4 is 11.0 Å². The van der Waals surface area contributed by atoms with Crippen LogP contribution in [0.15, 0.2) is 0 Å². The van der Waals surface area contributed by atoms with E-state index in [1.165, 1.54) is 0 Å². The summed E-state index contributed by atoms with van der Waals surface area (Å²) in [6.07, 6.45) is -1.55. The predicted molar refractivity (Wildman–Crippen MR) is 44.0 cm³/mol. The Labute approximate surface area is 72.6 Å². The second-order valence-electron chi connectivity index (χ2n) is 1.94. The highest BCUT2D eigenvalue weighted by molar-refractivity contribution is 8.10. The summed E-state index contributed by atoms with van der Waals surface area (Å²) >= 11 is 9.24. The summed E-state index contributed by atoms with van der Waals surface area (Å²) in [5.41, 5.74) is 10.5. The quantitative estimate of drug-likeness (QED) is 0.568. The Morgan fingerprint density at radius 1 is 0.909 bits per heavy atom. The number of hydrogen-bond acceptors (Lipinski definition) is 6. The molecular formula is CH4N2O4P2S2. The van der Waals surface area contributed by atoms with Crippen molar-refractivity contribution in [2.45, 2.75) is 6.16 Å². The molecule has 4 N–H and O–H groups in total. The van der Waals surface area contributed by atoms with E-state index in [1.807, 2.05) is 0 Å². The van der Waals surface area contributed by atoms with Gasteiger partial charge in [-0.3, -0.25) is 11.0 Å². The number of nitrogens with two attached hydrogens (primary N) is 2. The first-order chi connectivity index (χ1) is 4.83. The maximum atomic E-state index is 5.25. The molecule has 0 aromatic heterocycles. The molecule has 0 amide bonds. The third-order valence-electron chi connectivity index (χ3n) is 0.956. The first-order valence-electron chi connectivity index (χ1n) is 2.43. The van der Waals surface area contributed by atoms with Crippen molar-refractivity contribution in [1.29, 1.82) is 0 Å². The fraction of sp³-hybridized carbons (Fsp3) is 1.00. The largest absolute Gasteiger partial charge is 0.438 e. The van der Waals surface area contributed by atoms with Crippen LogP contribution in [0.25, 0.3) is 0 Å². The number of hydrogen-bond donors (Lipinski definition) is 2. The van der Waals surface area contributed by atoms with E-state index in [0.29, 0.717) is 0 Å². The topological polar surface area (TPSA) is 89.0 Å². The number of rotatable bonds is 0. The highest BCUT2D eigenvalue weighted by Gasteiger charge is 2.66. The predicted octanol–water partition coefficient (Wildman–Crippen LogP) is 0.0577. The molecule has 2 aliphatic rings. The van der Waals surface area contributed by atoms with Gasteiger partial charge in [-0.15, -0.1) is 0 Å². The summed E-state index contributed by atoms with van der Waals surface area (Å²) in [4.78, 5) is 0. The Hall–Kier alpha value is 1.06. The van der Waals surface area contributed by atoms with E-state index in [4.69, 9.17) is 29.1 Å². The molecule has 0 aliphatic carbocycles. The normalized spacial score (nSPS) is 62.0. The molecule has 2 heterocycles. The molecule has 6 nitrogen and oxygen atoms in total. The first kappa shape index (κ1) is 8.65. The van der Waals surface area contributed by atoms with E-state index in [1.54, 1.807) is 0 Å².